The molecule has 0 unspecified atom stereocenters. The van der Waals surface area contributed by atoms with Crippen molar-refractivity contribution >= 4 is 40.5 Å². The molecule has 2 amide bonds. The molecule has 4 aliphatic rings. The van der Waals surface area contributed by atoms with Crippen molar-refractivity contribution in [2.45, 2.75) is 63.2 Å². The Hall–Kier alpha value is -4.83. The average molecular weight is 711 g/mol. The molecule has 2 fully saturated rings. The third kappa shape index (κ3) is 5.14. The van der Waals surface area contributed by atoms with Crippen LogP contribution >= 0.6 is 11.6 Å². The monoisotopic (exact) mass is 710 g/mol. The number of aromatic hydroxyl groups is 1. The van der Waals surface area contributed by atoms with Crippen molar-refractivity contribution in [2.75, 3.05) is 25.1 Å². The summed E-state index contributed by atoms with van der Waals surface area (Å²) < 4.78 is 47.9. The predicted molar refractivity (Wildman–Crippen MR) is 172 cm³/mol. The first kappa shape index (κ1) is 32.4. The zero-order chi connectivity index (χ0) is 35.1. The molecule has 17 heteroatoms. The van der Waals surface area contributed by atoms with Crippen LogP contribution in [0.5, 0.6) is 5.75 Å². The Morgan fingerprint density at radius 3 is 2.76 bits per heavy atom. The lowest BCUT2D eigenvalue weighted by Gasteiger charge is -2.39. The highest BCUT2D eigenvalue weighted by molar-refractivity contribution is 6.33. The molecule has 5 heterocycles. The summed E-state index contributed by atoms with van der Waals surface area (Å²) >= 11 is 6.13. The number of likely N-dealkylation sites (tertiary alicyclic amines) is 1. The van der Waals surface area contributed by atoms with Gasteiger partial charge in [-0.05, 0) is 68.7 Å². The number of carbonyl (C=O) groups is 2. The number of fused-ring (bicyclic) bond motifs is 5. The molecule has 1 spiro atoms. The SMILES string of the molecule is Cc1ncnc(C(=O)N2CC[C@@]3(CCc4c3c(=O)n3nc(C5=CCOCC5)nc3n4CC(=O)Nc3ccc(C(F)(F)F)cc3Cl)[C@H]3C[C@H]32)c1O. The summed E-state index contributed by atoms with van der Waals surface area (Å²) in [4.78, 5) is 55.9. The van der Waals surface area contributed by atoms with Gasteiger partial charge in [0.1, 0.15) is 12.9 Å². The Kier molecular flexibility index (Phi) is 7.52. The Morgan fingerprint density at radius 1 is 1.20 bits per heavy atom. The Labute approximate surface area is 286 Å². The number of anilines is 1. The second kappa shape index (κ2) is 11.6. The average Bonchev–Trinajstić information content (AvgIpc) is 3.63. The summed E-state index contributed by atoms with van der Waals surface area (Å²) in [5.74, 6) is -0.787. The number of ether oxygens (including phenoxy) is 1. The number of nitrogens with zero attached hydrogens (tertiary/aromatic N) is 7. The van der Waals surface area contributed by atoms with E-state index in [0.29, 0.717) is 74.6 Å². The maximum atomic E-state index is 14.4. The van der Waals surface area contributed by atoms with Gasteiger partial charge in [0.25, 0.3) is 11.5 Å². The van der Waals surface area contributed by atoms with Crippen LogP contribution in [0.25, 0.3) is 11.4 Å². The number of halogens is 4. The zero-order valence-corrected chi connectivity index (χ0v) is 27.4. The van der Waals surface area contributed by atoms with Gasteiger partial charge in [0.2, 0.25) is 11.7 Å². The van der Waals surface area contributed by atoms with Crippen LogP contribution in [-0.4, -0.2) is 76.8 Å². The number of hydrogen-bond donors (Lipinski definition) is 2. The van der Waals surface area contributed by atoms with Gasteiger partial charge in [0, 0.05) is 29.3 Å². The molecule has 13 nitrogen and oxygen atoms in total. The molecule has 8 rings (SSSR count). The molecular weight excluding hydrogens is 681 g/mol. The Morgan fingerprint density at radius 2 is 2.02 bits per heavy atom. The van der Waals surface area contributed by atoms with E-state index in [2.05, 4.69) is 20.4 Å². The van der Waals surface area contributed by atoms with E-state index < -0.39 is 29.0 Å². The first-order valence-corrected chi connectivity index (χ1v) is 16.5. The van der Waals surface area contributed by atoms with Crippen LogP contribution in [0, 0.1) is 12.8 Å². The van der Waals surface area contributed by atoms with Gasteiger partial charge in [-0.25, -0.2) is 9.97 Å². The molecule has 260 valence electrons. The van der Waals surface area contributed by atoms with Crippen LogP contribution in [0.1, 0.15) is 64.5 Å². The number of rotatable bonds is 5. The van der Waals surface area contributed by atoms with Crippen molar-refractivity contribution in [3.8, 4) is 5.75 Å². The molecular formula is C33H30ClF3N8O5. The zero-order valence-electron chi connectivity index (χ0n) is 26.6. The number of nitrogens with one attached hydrogen (secondary N) is 1. The number of amides is 2. The van der Waals surface area contributed by atoms with Crippen LogP contribution in [-0.2, 0) is 34.1 Å². The lowest BCUT2D eigenvalue weighted by atomic mass is 9.73. The highest BCUT2D eigenvalue weighted by atomic mass is 35.5. The van der Waals surface area contributed by atoms with E-state index in [9.17, 15) is 32.7 Å². The first-order valence-electron chi connectivity index (χ1n) is 16.2. The molecule has 2 N–H and O–H groups in total. The van der Waals surface area contributed by atoms with Gasteiger partial charge in [0.05, 0.1) is 35.2 Å². The number of benzene rings is 1. The van der Waals surface area contributed by atoms with Gasteiger partial charge in [-0.1, -0.05) is 17.7 Å². The Balaban J connectivity index is 1.16. The topological polar surface area (TPSA) is 157 Å². The van der Waals surface area contributed by atoms with Crippen molar-refractivity contribution in [1.29, 1.82) is 0 Å². The van der Waals surface area contributed by atoms with E-state index in [-0.39, 0.29) is 52.0 Å². The lowest BCUT2D eigenvalue weighted by Crippen LogP contribution is -2.48. The Bertz CT molecular complexity index is 2200. The summed E-state index contributed by atoms with van der Waals surface area (Å²) in [6, 6.07) is 2.51. The fourth-order valence-electron chi connectivity index (χ4n) is 7.91. The molecule has 50 heavy (non-hydrogen) atoms. The maximum absolute atomic E-state index is 14.4. The standard InChI is InChI=1S/C33H30ClF3N8O5/c1-16-27(47)26(39-15-38-16)30(49)43-9-8-32(19-13-23(19)43)7-4-22-25(32)29(48)45-31(41-28(42-45)17-5-10-50-11-6-17)44(22)14-24(46)40-21-3-2-18(12-20(21)34)33(35,36)37/h2-3,5,12,15,19,23,47H,4,6-11,13-14H2,1H3,(H,40,46)/t19-,23+,32-/m0/s1. The summed E-state index contributed by atoms with van der Waals surface area (Å²) in [6.45, 7) is 2.43. The third-order valence-electron chi connectivity index (χ3n) is 10.4. The maximum Gasteiger partial charge on any atom is 0.416 e. The molecule has 0 radical (unpaired) electrons. The summed E-state index contributed by atoms with van der Waals surface area (Å²) in [6.07, 6.45) is 1.20. The molecule has 1 aromatic carbocycles. The third-order valence-corrected chi connectivity index (χ3v) is 10.7. The quantitative estimate of drug-likeness (QED) is 0.313. The van der Waals surface area contributed by atoms with Crippen molar-refractivity contribution in [1.82, 2.24) is 34.0 Å². The largest absolute Gasteiger partial charge is 0.504 e. The summed E-state index contributed by atoms with van der Waals surface area (Å²) in [7, 11) is 0. The summed E-state index contributed by atoms with van der Waals surface area (Å²) in [5.41, 5.74) is 0.332. The second-order valence-electron chi connectivity index (χ2n) is 13.1. The number of aryl methyl sites for hydroxylation is 1. The van der Waals surface area contributed by atoms with E-state index >= 15 is 0 Å². The number of carbonyl (C=O) groups excluding carboxylic acids is 2. The lowest BCUT2D eigenvalue weighted by molar-refractivity contribution is -0.137. The number of hydrogen-bond acceptors (Lipinski definition) is 9. The van der Waals surface area contributed by atoms with E-state index in [0.717, 1.165) is 23.8 Å². The predicted octanol–water partition coefficient (Wildman–Crippen LogP) is 3.93. The van der Waals surface area contributed by atoms with Crippen molar-refractivity contribution in [3.05, 3.63) is 80.0 Å². The van der Waals surface area contributed by atoms with Gasteiger partial charge in [-0.2, -0.15) is 22.7 Å². The van der Waals surface area contributed by atoms with Crippen LogP contribution in [0.3, 0.4) is 0 Å². The van der Waals surface area contributed by atoms with Crippen LogP contribution in [0.4, 0.5) is 18.9 Å². The van der Waals surface area contributed by atoms with E-state index in [1.165, 1.54) is 10.8 Å². The van der Waals surface area contributed by atoms with E-state index in [1.807, 2.05) is 6.08 Å². The fraction of sp³-hybridized carbons (Fsp3) is 0.424. The van der Waals surface area contributed by atoms with Crippen LogP contribution in [0.2, 0.25) is 5.02 Å². The van der Waals surface area contributed by atoms with Gasteiger partial charge in [-0.3, -0.25) is 14.4 Å². The number of piperidine rings is 1. The minimum Gasteiger partial charge on any atom is -0.504 e. The second-order valence-corrected chi connectivity index (χ2v) is 13.5. The van der Waals surface area contributed by atoms with Crippen molar-refractivity contribution in [3.63, 3.8) is 0 Å². The number of alkyl halides is 3. The molecule has 1 saturated heterocycles. The fourth-order valence-corrected chi connectivity index (χ4v) is 8.14. The first-order chi connectivity index (χ1) is 23.9. The normalized spacial score (nSPS) is 22.7. The van der Waals surface area contributed by atoms with Gasteiger partial charge in [-0.15, -0.1) is 5.10 Å². The van der Waals surface area contributed by atoms with Gasteiger partial charge >= 0.3 is 6.18 Å². The highest BCUT2D eigenvalue weighted by Crippen LogP contribution is 2.60. The van der Waals surface area contributed by atoms with E-state index in [4.69, 9.17) is 21.3 Å². The molecule has 4 aromatic rings. The minimum absolute atomic E-state index is 0.00661. The molecule has 2 aliphatic heterocycles. The number of aromatic nitrogens is 6. The van der Waals surface area contributed by atoms with Gasteiger partial charge < -0.3 is 24.6 Å². The van der Waals surface area contributed by atoms with Crippen LogP contribution < -0.4 is 10.9 Å². The van der Waals surface area contributed by atoms with Crippen molar-refractivity contribution < 1.29 is 32.6 Å². The summed E-state index contributed by atoms with van der Waals surface area (Å²) in [5, 5.41) is 17.4. The molecule has 3 atom stereocenters. The molecule has 1 saturated carbocycles. The molecule has 0 bridgehead atoms. The molecule has 2 aliphatic carbocycles. The van der Waals surface area contributed by atoms with E-state index in [1.54, 1.807) is 16.4 Å². The van der Waals surface area contributed by atoms with Gasteiger partial charge in [0.15, 0.2) is 17.3 Å². The smallest absolute Gasteiger partial charge is 0.416 e. The van der Waals surface area contributed by atoms with Crippen molar-refractivity contribution in [2.24, 2.45) is 5.92 Å². The minimum atomic E-state index is -4.60. The van der Waals surface area contributed by atoms with Crippen LogP contribution in [0.15, 0.2) is 35.4 Å². The highest BCUT2D eigenvalue weighted by Gasteiger charge is 2.63. The molecule has 3 aromatic heterocycles.